The van der Waals surface area contributed by atoms with Crippen LogP contribution >= 0.6 is 12.4 Å². The van der Waals surface area contributed by atoms with Gasteiger partial charge < -0.3 is 10.8 Å². The molecule has 0 aromatic heterocycles. The van der Waals surface area contributed by atoms with Gasteiger partial charge in [-0.15, -0.1) is 12.4 Å². The second-order valence-electron chi connectivity index (χ2n) is 3.82. The number of nitrogens with two attached hydrogens (primary N) is 1. The predicted molar refractivity (Wildman–Crippen MR) is 65.9 cm³/mol. The molecule has 1 unspecified atom stereocenters. The summed E-state index contributed by atoms with van der Waals surface area (Å²) >= 11 is 0. The molecule has 0 rings (SSSR count). The van der Waals surface area contributed by atoms with Crippen molar-refractivity contribution in [3.05, 3.63) is 0 Å². The van der Waals surface area contributed by atoms with Crippen molar-refractivity contribution in [2.45, 2.75) is 57.9 Å². The largest absolute Gasteiger partial charge is 0.481 e. The molecule has 0 spiro atoms. The van der Waals surface area contributed by atoms with Gasteiger partial charge in [-0.05, 0) is 6.42 Å². The Labute approximate surface area is 103 Å². The van der Waals surface area contributed by atoms with Crippen LogP contribution in [-0.4, -0.2) is 22.9 Å². The zero-order chi connectivity index (χ0) is 11.7. The van der Waals surface area contributed by atoms with Crippen molar-refractivity contribution in [2.24, 2.45) is 5.73 Å². The molecule has 0 heterocycles. The van der Waals surface area contributed by atoms with Crippen LogP contribution in [0.1, 0.15) is 51.9 Å². The van der Waals surface area contributed by atoms with Gasteiger partial charge in [0, 0.05) is 6.42 Å². The zero-order valence-corrected chi connectivity index (χ0v) is 10.6. The smallest absolute Gasteiger partial charge is 0.303 e. The fourth-order valence-electron chi connectivity index (χ4n) is 1.37. The van der Waals surface area contributed by atoms with Crippen molar-refractivity contribution in [2.75, 3.05) is 0 Å². The summed E-state index contributed by atoms with van der Waals surface area (Å²) in [6, 6.07) is -0.471. The van der Waals surface area contributed by atoms with E-state index in [9.17, 15) is 9.59 Å². The second-order valence-corrected chi connectivity index (χ2v) is 3.82. The lowest BCUT2D eigenvalue weighted by Gasteiger charge is -2.09. The Bertz CT molecular complexity index is 209. The number of ketones is 1. The number of carboxylic acid groups (broad SMARTS) is 1. The molecule has 1 atom stereocenters. The maximum absolute atomic E-state index is 11.3. The van der Waals surface area contributed by atoms with E-state index in [1.807, 2.05) is 0 Å². The number of hydrogen-bond acceptors (Lipinski definition) is 3. The highest BCUT2D eigenvalue weighted by Crippen LogP contribution is 2.06. The number of hydrogen-bond donors (Lipinski definition) is 2. The van der Waals surface area contributed by atoms with Crippen molar-refractivity contribution in [3.63, 3.8) is 0 Å². The van der Waals surface area contributed by atoms with Gasteiger partial charge >= 0.3 is 5.97 Å². The highest BCUT2D eigenvalue weighted by Gasteiger charge is 2.13. The first-order valence-electron chi connectivity index (χ1n) is 5.58. The summed E-state index contributed by atoms with van der Waals surface area (Å²) in [5.41, 5.74) is 5.64. The Morgan fingerprint density at radius 2 is 1.81 bits per heavy atom. The SMILES string of the molecule is CCCCCCC(N)C(=O)CCC(=O)O.Cl. The van der Waals surface area contributed by atoms with Crippen molar-refractivity contribution >= 4 is 24.2 Å². The van der Waals surface area contributed by atoms with E-state index in [1.165, 1.54) is 0 Å². The number of carboxylic acids is 1. The third-order valence-corrected chi connectivity index (χ3v) is 2.37. The lowest BCUT2D eigenvalue weighted by atomic mass is 10.0. The Balaban J connectivity index is 0. The van der Waals surface area contributed by atoms with Crippen LogP contribution in [0.2, 0.25) is 0 Å². The van der Waals surface area contributed by atoms with Gasteiger partial charge in [0.15, 0.2) is 0 Å². The lowest BCUT2D eigenvalue weighted by molar-refractivity contribution is -0.138. The molecule has 0 aromatic carbocycles. The highest BCUT2D eigenvalue weighted by molar-refractivity contribution is 5.86. The van der Waals surface area contributed by atoms with Crippen LogP contribution in [-0.2, 0) is 9.59 Å². The molecule has 0 amide bonds. The molecule has 0 aliphatic rings. The number of Topliss-reactive ketones (excluding diaryl/α,β-unsaturated/α-hetero) is 1. The molecule has 0 radical (unpaired) electrons. The Morgan fingerprint density at radius 3 is 2.31 bits per heavy atom. The molecular weight excluding hydrogens is 230 g/mol. The van der Waals surface area contributed by atoms with Gasteiger partial charge in [-0.2, -0.15) is 0 Å². The lowest BCUT2D eigenvalue weighted by Crippen LogP contribution is -2.30. The molecule has 3 N–H and O–H groups in total. The van der Waals surface area contributed by atoms with Gasteiger partial charge in [-0.1, -0.05) is 32.6 Å². The molecule has 0 saturated heterocycles. The number of aliphatic carboxylic acids is 1. The third kappa shape index (κ3) is 9.93. The van der Waals surface area contributed by atoms with Crippen LogP contribution in [0.3, 0.4) is 0 Å². The van der Waals surface area contributed by atoms with Gasteiger partial charge in [-0.25, -0.2) is 0 Å². The van der Waals surface area contributed by atoms with Gasteiger partial charge in [0.1, 0.15) is 5.78 Å². The van der Waals surface area contributed by atoms with Crippen LogP contribution < -0.4 is 5.73 Å². The average Bonchev–Trinajstić information content (AvgIpc) is 2.20. The summed E-state index contributed by atoms with van der Waals surface area (Å²) < 4.78 is 0. The van der Waals surface area contributed by atoms with E-state index in [4.69, 9.17) is 10.8 Å². The van der Waals surface area contributed by atoms with Crippen molar-refractivity contribution in [1.29, 1.82) is 0 Å². The summed E-state index contributed by atoms with van der Waals surface area (Å²) in [6.45, 7) is 2.12. The molecule has 5 heteroatoms. The first kappa shape index (κ1) is 17.8. The molecule has 96 valence electrons. The van der Waals surface area contributed by atoms with Crippen molar-refractivity contribution < 1.29 is 14.7 Å². The molecule has 16 heavy (non-hydrogen) atoms. The molecule has 0 bridgehead atoms. The minimum Gasteiger partial charge on any atom is -0.481 e. The van der Waals surface area contributed by atoms with Crippen LogP contribution in [0, 0.1) is 0 Å². The van der Waals surface area contributed by atoms with Gasteiger partial charge in [0.2, 0.25) is 0 Å². The molecule has 4 nitrogen and oxygen atoms in total. The fraction of sp³-hybridized carbons (Fsp3) is 0.818. The first-order valence-corrected chi connectivity index (χ1v) is 5.58. The topological polar surface area (TPSA) is 80.4 Å². The maximum atomic E-state index is 11.3. The van der Waals surface area contributed by atoms with Gasteiger partial charge in [0.05, 0.1) is 12.5 Å². The average molecular weight is 252 g/mol. The van der Waals surface area contributed by atoms with Crippen LogP contribution in [0.25, 0.3) is 0 Å². The van der Waals surface area contributed by atoms with Gasteiger partial charge in [0.25, 0.3) is 0 Å². The first-order chi connectivity index (χ1) is 7.07. The minimum absolute atomic E-state index is 0. The molecule has 0 saturated carbocycles. The summed E-state index contributed by atoms with van der Waals surface area (Å²) in [7, 11) is 0. The second kappa shape index (κ2) is 10.9. The van der Waals surface area contributed by atoms with E-state index >= 15 is 0 Å². The normalized spacial score (nSPS) is 11.6. The van der Waals surface area contributed by atoms with E-state index in [0.717, 1.165) is 25.7 Å². The van der Waals surface area contributed by atoms with E-state index in [2.05, 4.69) is 6.92 Å². The Kier molecular flexibility index (Phi) is 12.1. The van der Waals surface area contributed by atoms with Crippen LogP contribution in [0.4, 0.5) is 0 Å². The molecule has 0 aliphatic heterocycles. The Hall–Kier alpha value is -0.610. The monoisotopic (exact) mass is 251 g/mol. The third-order valence-electron chi connectivity index (χ3n) is 2.37. The number of unbranched alkanes of at least 4 members (excludes halogenated alkanes) is 3. The summed E-state index contributed by atoms with van der Waals surface area (Å²) in [6.07, 6.45) is 4.99. The minimum atomic E-state index is -0.943. The predicted octanol–water partition coefficient (Wildman–Crippen LogP) is 2.14. The van der Waals surface area contributed by atoms with Crippen LogP contribution in [0.15, 0.2) is 0 Å². The zero-order valence-electron chi connectivity index (χ0n) is 9.78. The van der Waals surface area contributed by atoms with E-state index in [0.29, 0.717) is 6.42 Å². The van der Waals surface area contributed by atoms with E-state index in [-0.39, 0.29) is 31.0 Å². The van der Waals surface area contributed by atoms with Gasteiger partial charge in [-0.3, -0.25) is 9.59 Å². The number of carbonyl (C=O) groups excluding carboxylic acids is 1. The standard InChI is InChI=1S/C11H21NO3.ClH/c1-2-3-4-5-6-9(12)10(13)7-8-11(14)15;/h9H,2-8,12H2,1H3,(H,14,15);1H. The molecule has 0 aliphatic carbocycles. The number of rotatable bonds is 9. The highest BCUT2D eigenvalue weighted by atomic mass is 35.5. The van der Waals surface area contributed by atoms with Crippen LogP contribution in [0.5, 0.6) is 0 Å². The number of carbonyl (C=O) groups is 2. The van der Waals surface area contributed by atoms with Crippen molar-refractivity contribution in [3.8, 4) is 0 Å². The molecular formula is C11H22ClNO3. The van der Waals surface area contributed by atoms with E-state index in [1.54, 1.807) is 0 Å². The van der Waals surface area contributed by atoms with E-state index < -0.39 is 12.0 Å². The summed E-state index contributed by atoms with van der Waals surface area (Å²) in [5, 5.41) is 8.40. The summed E-state index contributed by atoms with van der Waals surface area (Å²) in [5.74, 6) is -1.07. The number of halogens is 1. The molecule has 0 aromatic rings. The summed E-state index contributed by atoms with van der Waals surface area (Å²) in [4.78, 5) is 21.6. The fourth-order valence-corrected chi connectivity index (χ4v) is 1.37. The quantitative estimate of drug-likeness (QED) is 0.615. The molecule has 0 fully saturated rings. The maximum Gasteiger partial charge on any atom is 0.303 e. The Morgan fingerprint density at radius 1 is 1.19 bits per heavy atom. The van der Waals surface area contributed by atoms with Crippen molar-refractivity contribution in [1.82, 2.24) is 0 Å².